The Bertz CT molecular complexity index is 521. The molecule has 1 atom stereocenters. The van der Waals surface area contributed by atoms with Crippen LogP contribution >= 0.6 is 11.6 Å². The lowest BCUT2D eigenvalue weighted by atomic mass is 10.1. The molecule has 110 valence electrons. The molecule has 1 amide bonds. The molecular weight excluding hydrogens is 302 g/mol. The molecule has 0 N–H and O–H groups in total. The zero-order valence-corrected chi connectivity index (χ0v) is 10.8. The number of benzene rings is 1. The lowest BCUT2D eigenvalue weighted by Gasteiger charge is -2.18. The number of ether oxygens (including phenoxy) is 1. The molecule has 2 rings (SSSR count). The molecule has 0 saturated carbocycles. The standard InChI is InChI=1S/C12H10ClF4NO2/c13-5-7-3-11(19)18(6-7)10-4-8(1-2-9(10)14)20-12(15,16)17/h1-2,4,7H,3,5-6H2. The molecule has 1 unspecified atom stereocenters. The van der Waals surface area contributed by atoms with E-state index in [4.69, 9.17) is 11.6 Å². The van der Waals surface area contributed by atoms with Gasteiger partial charge in [-0.25, -0.2) is 4.39 Å². The molecule has 1 aliphatic rings. The zero-order valence-electron chi connectivity index (χ0n) is 10.1. The van der Waals surface area contributed by atoms with Gasteiger partial charge in [-0.1, -0.05) is 0 Å². The van der Waals surface area contributed by atoms with Gasteiger partial charge in [0.1, 0.15) is 11.6 Å². The molecule has 0 spiro atoms. The minimum absolute atomic E-state index is 0.143. The molecule has 1 fully saturated rings. The Labute approximate surface area is 117 Å². The van der Waals surface area contributed by atoms with Crippen LogP contribution in [0.4, 0.5) is 23.2 Å². The minimum atomic E-state index is -4.87. The minimum Gasteiger partial charge on any atom is -0.406 e. The van der Waals surface area contributed by atoms with Crippen molar-refractivity contribution >= 4 is 23.2 Å². The van der Waals surface area contributed by atoms with Gasteiger partial charge in [-0.15, -0.1) is 24.8 Å². The SMILES string of the molecule is O=C1CC(CCl)CN1c1cc(OC(F)(F)F)ccc1F. The Hall–Kier alpha value is -1.50. The molecule has 1 aromatic rings. The first-order valence-corrected chi connectivity index (χ1v) is 6.25. The molecule has 1 aliphatic heterocycles. The second-order valence-electron chi connectivity index (χ2n) is 4.39. The van der Waals surface area contributed by atoms with Gasteiger partial charge in [-0.05, 0) is 18.1 Å². The zero-order chi connectivity index (χ0) is 14.9. The van der Waals surface area contributed by atoms with E-state index in [0.29, 0.717) is 0 Å². The van der Waals surface area contributed by atoms with Crippen LogP contribution in [0.5, 0.6) is 5.75 Å². The highest BCUT2D eigenvalue weighted by Gasteiger charge is 2.34. The van der Waals surface area contributed by atoms with Gasteiger partial charge in [0.15, 0.2) is 0 Å². The fraction of sp³-hybridized carbons (Fsp3) is 0.417. The van der Waals surface area contributed by atoms with Gasteiger partial charge in [0, 0.05) is 24.9 Å². The van der Waals surface area contributed by atoms with Crippen LogP contribution in [-0.2, 0) is 4.79 Å². The molecule has 20 heavy (non-hydrogen) atoms. The van der Waals surface area contributed by atoms with E-state index in [9.17, 15) is 22.4 Å². The summed E-state index contributed by atoms with van der Waals surface area (Å²) in [6.45, 7) is 0.175. The highest BCUT2D eigenvalue weighted by atomic mass is 35.5. The van der Waals surface area contributed by atoms with Gasteiger partial charge in [-0.2, -0.15) is 0 Å². The van der Waals surface area contributed by atoms with Gasteiger partial charge < -0.3 is 9.64 Å². The average Bonchev–Trinajstić information content (AvgIpc) is 2.71. The van der Waals surface area contributed by atoms with E-state index in [0.717, 1.165) is 23.1 Å². The summed E-state index contributed by atoms with van der Waals surface area (Å²) in [5.74, 6) is -1.66. The molecule has 0 bridgehead atoms. The van der Waals surface area contributed by atoms with Crippen LogP contribution in [-0.4, -0.2) is 24.7 Å². The maximum Gasteiger partial charge on any atom is 0.573 e. The van der Waals surface area contributed by atoms with E-state index < -0.39 is 17.9 Å². The third-order valence-corrected chi connectivity index (χ3v) is 3.30. The van der Waals surface area contributed by atoms with Crippen LogP contribution in [0.2, 0.25) is 0 Å². The highest BCUT2D eigenvalue weighted by Crippen LogP contribution is 2.32. The monoisotopic (exact) mass is 311 g/mol. The summed E-state index contributed by atoms with van der Waals surface area (Å²) in [6.07, 6.45) is -4.73. The molecule has 0 aromatic heterocycles. The first kappa shape index (κ1) is 14.9. The molecule has 1 aromatic carbocycles. The largest absolute Gasteiger partial charge is 0.573 e. The van der Waals surface area contributed by atoms with Crippen molar-refractivity contribution in [3.63, 3.8) is 0 Å². The van der Waals surface area contributed by atoms with Crippen LogP contribution in [0.3, 0.4) is 0 Å². The number of hydrogen-bond acceptors (Lipinski definition) is 2. The summed E-state index contributed by atoms with van der Waals surface area (Å²) >= 11 is 5.64. The van der Waals surface area contributed by atoms with Gasteiger partial charge in [-0.3, -0.25) is 4.79 Å². The van der Waals surface area contributed by atoms with Crippen LogP contribution in [0, 0.1) is 11.7 Å². The predicted octanol–water partition coefficient (Wildman–Crippen LogP) is 3.32. The Morgan fingerprint density at radius 2 is 2.10 bits per heavy atom. The van der Waals surface area contributed by atoms with Crippen molar-refractivity contribution in [2.75, 3.05) is 17.3 Å². The molecule has 0 aliphatic carbocycles. The van der Waals surface area contributed by atoms with Crippen molar-refractivity contribution < 1.29 is 27.1 Å². The third-order valence-electron chi connectivity index (χ3n) is 2.87. The Morgan fingerprint density at radius 1 is 1.40 bits per heavy atom. The summed E-state index contributed by atoms with van der Waals surface area (Å²) in [5, 5.41) is 0. The van der Waals surface area contributed by atoms with Crippen molar-refractivity contribution in [1.29, 1.82) is 0 Å². The quantitative estimate of drug-likeness (QED) is 0.633. The number of hydrogen-bond donors (Lipinski definition) is 0. The van der Waals surface area contributed by atoms with Gasteiger partial charge in [0.25, 0.3) is 0 Å². The number of carbonyl (C=O) groups is 1. The fourth-order valence-corrected chi connectivity index (χ4v) is 2.22. The molecule has 8 heteroatoms. The van der Waals surface area contributed by atoms with Gasteiger partial charge in [0.2, 0.25) is 5.91 Å². The van der Waals surface area contributed by atoms with Crippen LogP contribution < -0.4 is 9.64 Å². The van der Waals surface area contributed by atoms with Crippen LogP contribution in [0.15, 0.2) is 18.2 Å². The fourth-order valence-electron chi connectivity index (χ4n) is 2.01. The van der Waals surface area contributed by atoms with Crippen molar-refractivity contribution in [2.45, 2.75) is 12.8 Å². The second-order valence-corrected chi connectivity index (χ2v) is 4.70. The lowest BCUT2D eigenvalue weighted by Crippen LogP contribution is -2.26. The predicted molar refractivity (Wildman–Crippen MR) is 64.3 cm³/mol. The Balaban J connectivity index is 2.27. The van der Waals surface area contributed by atoms with E-state index in [-0.39, 0.29) is 36.4 Å². The summed E-state index contributed by atoms with van der Waals surface area (Å²) in [5.41, 5.74) is -0.232. The molecule has 1 heterocycles. The molecule has 0 radical (unpaired) electrons. The topological polar surface area (TPSA) is 29.5 Å². The maximum absolute atomic E-state index is 13.7. The van der Waals surface area contributed by atoms with E-state index in [1.807, 2.05) is 0 Å². The van der Waals surface area contributed by atoms with Gasteiger partial charge >= 0.3 is 6.36 Å². The third kappa shape index (κ3) is 3.33. The molecule has 1 saturated heterocycles. The number of alkyl halides is 4. The van der Waals surface area contributed by atoms with Crippen molar-refractivity contribution in [3.05, 3.63) is 24.0 Å². The second kappa shape index (κ2) is 5.47. The van der Waals surface area contributed by atoms with Crippen molar-refractivity contribution in [2.24, 2.45) is 5.92 Å². The van der Waals surface area contributed by atoms with E-state index in [2.05, 4.69) is 4.74 Å². The smallest absolute Gasteiger partial charge is 0.406 e. The lowest BCUT2D eigenvalue weighted by molar-refractivity contribution is -0.274. The number of halogens is 5. The normalized spacial score (nSPS) is 19.6. The molecule has 3 nitrogen and oxygen atoms in total. The number of rotatable bonds is 3. The summed E-state index contributed by atoms with van der Waals surface area (Å²) in [6, 6.07) is 2.54. The van der Waals surface area contributed by atoms with Crippen molar-refractivity contribution in [1.82, 2.24) is 0 Å². The average molecular weight is 312 g/mol. The van der Waals surface area contributed by atoms with E-state index >= 15 is 0 Å². The Kier molecular flexibility index (Phi) is 4.08. The first-order chi connectivity index (χ1) is 9.30. The number of amides is 1. The van der Waals surface area contributed by atoms with Crippen LogP contribution in [0.1, 0.15) is 6.42 Å². The van der Waals surface area contributed by atoms with Crippen molar-refractivity contribution in [3.8, 4) is 5.75 Å². The first-order valence-electron chi connectivity index (χ1n) is 5.72. The van der Waals surface area contributed by atoms with Gasteiger partial charge in [0.05, 0.1) is 5.69 Å². The van der Waals surface area contributed by atoms with E-state index in [1.54, 1.807) is 0 Å². The number of carbonyl (C=O) groups excluding carboxylic acids is 1. The summed E-state index contributed by atoms with van der Waals surface area (Å²) in [7, 11) is 0. The number of nitrogens with zero attached hydrogens (tertiary/aromatic N) is 1. The summed E-state index contributed by atoms with van der Waals surface area (Å²) in [4.78, 5) is 12.8. The van der Waals surface area contributed by atoms with Crippen LogP contribution in [0.25, 0.3) is 0 Å². The summed E-state index contributed by atoms with van der Waals surface area (Å²) < 4.78 is 53.8. The maximum atomic E-state index is 13.7. The molecular formula is C12H10ClF4NO2. The van der Waals surface area contributed by atoms with E-state index in [1.165, 1.54) is 0 Å². The highest BCUT2D eigenvalue weighted by molar-refractivity contribution is 6.18. The number of anilines is 1. The Morgan fingerprint density at radius 3 is 2.65 bits per heavy atom.